The van der Waals surface area contributed by atoms with Gasteiger partial charge >= 0.3 is 0 Å². The third-order valence-corrected chi connectivity index (χ3v) is 2.59. The maximum absolute atomic E-state index is 10.4. The minimum Gasteiger partial charge on any atom is -0.264 e. The van der Waals surface area contributed by atoms with E-state index in [2.05, 4.69) is 0 Å². The quantitative estimate of drug-likeness (QED) is 0.422. The summed E-state index contributed by atoms with van der Waals surface area (Å²) < 4.78 is 0. The Kier molecular flexibility index (Phi) is 1.38. The normalized spacial score (nSPS) is 28.2. The summed E-state index contributed by atoms with van der Waals surface area (Å²) in [5.41, 5.74) is -2.24. The molecule has 0 aliphatic heterocycles. The summed E-state index contributed by atoms with van der Waals surface area (Å²) in [4.78, 5) is 9.86. The topological polar surface area (TPSA) is 90.7 Å². The van der Waals surface area contributed by atoms with Crippen molar-refractivity contribution >= 4 is 0 Å². The van der Waals surface area contributed by atoms with Gasteiger partial charge in [0.05, 0.1) is 17.6 Å². The highest BCUT2D eigenvalue weighted by atomic mass is 16.6. The lowest BCUT2D eigenvalue weighted by atomic mass is 10.00. The lowest BCUT2D eigenvalue weighted by Gasteiger charge is -1.93. The Morgan fingerprint density at radius 2 is 1.83 bits per heavy atom. The molecule has 0 N–H and O–H groups in total. The van der Waals surface area contributed by atoms with Crippen LogP contribution in [0.15, 0.2) is 0 Å². The zero-order valence-electron chi connectivity index (χ0n) is 6.74. The largest absolute Gasteiger partial charge is 0.264 e. The van der Waals surface area contributed by atoms with Gasteiger partial charge in [0, 0.05) is 4.92 Å². The number of hydrogen-bond acceptors (Lipinski definition) is 4. The van der Waals surface area contributed by atoms with Gasteiger partial charge in [-0.15, -0.1) is 0 Å². The minimum atomic E-state index is -1.42. The van der Waals surface area contributed by atoms with Crippen molar-refractivity contribution in [2.75, 3.05) is 0 Å². The molecule has 12 heavy (non-hydrogen) atoms. The first-order valence-electron chi connectivity index (χ1n) is 3.40. The Labute approximate surface area is 69.4 Å². The van der Waals surface area contributed by atoms with E-state index in [-0.39, 0.29) is 0 Å². The van der Waals surface area contributed by atoms with E-state index in [4.69, 9.17) is 10.5 Å². The predicted molar refractivity (Wildman–Crippen MR) is 38.2 cm³/mol. The van der Waals surface area contributed by atoms with E-state index >= 15 is 0 Å². The van der Waals surface area contributed by atoms with Crippen LogP contribution in [-0.2, 0) is 0 Å². The number of rotatable bonds is 1. The van der Waals surface area contributed by atoms with E-state index in [0.29, 0.717) is 0 Å². The van der Waals surface area contributed by atoms with Crippen LogP contribution in [0.2, 0.25) is 0 Å². The van der Waals surface area contributed by atoms with Crippen LogP contribution < -0.4 is 0 Å². The summed E-state index contributed by atoms with van der Waals surface area (Å²) in [6.45, 7) is 3.12. The zero-order chi connectivity index (χ0) is 9.57. The van der Waals surface area contributed by atoms with Crippen LogP contribution >= 0.6 is 0 Å². The van der Waals surface area contributed by atoms with E-state index in [1.54, 1.807) is 26.0 Å². The third-order valence-electron chi connectivity index (χ3n) is 2.59. The number of nitriles is 2. The van der Waals surface area contributed by atoms with Crippen molar-refractivity contribution in [3.8, 4) is 12.1 Å². The molecule has 1 atom stereocenters. The maximum atomic E-state index is 10.4. The first kappa shape index (κ1) is 8.48. The average Bonchev–Trinajstić information content (AvgIpc) is 2.47. The van der Waals surface area contributed by atoms with Crippen LogP contribution in [0.1, 0.15) is 13.8 Å². The van der Waals surface area contributed by atoms with Gasteiger partial charge in [0.15, 0.2) is 0 Å². The van der Waals surface area contributed by atoms with Crippen LogP contribution in [0, 0.1) is 43.6 Å². The highest BCUT2D eigenvalue weighted by Crippen LogP contribution is 2.63. The number of hydrogen-bond donors (Lipinski definition) is 0. The van der Waals surface area contributed by atoms with Crippen molar-refractivity contribution in [2.45, 2.75) is 19.9 Å². The average molecular weight is 165 g/mol. The molecule has 1 rings (SSSR count). The maximum Gasteiger partial charge on any atom is 0.253 e. The van der Waals surface area contributed by atoms with E-state index < -0.39 is 21.8 Å². The highest BCUT2D eigenvalue weighted by molar-refractivity contribution is 5.38. The van der Waals surface area contributed by atoms with Gasteiger partial charge in [-0.3, -0.25) is 10.1 Å². The molecule has 1 aliphatic rings. The fourth-order valence-corrected chi connectivity index (χ4v) is 1.59. The molecule has 0 bridgehead atoms. The van der Waals surface area contributed by atoms with Crippen LogP contribution in [0.5, 0.6) is 0 Å². The second-order valence-corrected chi connectivity index (χ2v) is 3.44. The van der Waals surface area contributed by atoms with Crippen molar-refractivity contribution in [3.63, 3.8) is 0 Å². The van der Waals surface area contributed by atoms with Crippen LogP contribution in [-0.4, -0.2) is 11.0 Å². The summed E-state index contributed by atoms with van der Waals surface area (Å²) in [5, 5.41) is 27.7. The van der Waals surface area contributed by atoms with Gasteiger partial charge in [-0.2, -0.15) is 10.5 Å². The highest BCUT2D eigenvalue weighted by Gasteiger charge is 2.82. The van der Waals surface area contributed by atoms with Gasteiger partial charge in [0.2, 0.25) is 5.41 Å². The standard InChI is InChI=1S/C7H7N3O2/c1-6(2)5(10(11)12)7(6,3-8)4-9/h5H,1-2H3. The molecule has 1 saturated carbocycles. The van der Waals surface area contributed by atoms with Gasteiger partial charge in [-0.25, -0.2) is 0 Å². The van der Waals surface area contributed by atoms with Crippen molar-refractivity contribution in [1.82, 2.24) is 0 Å². The van der Waals surface area contributed by atoms with Gasteiger partial charge in [0.25, 0.3) is 6.04 Å². The van der Waals surface area contributed by atoms with Gasteiger partial charge < -0.3 is 0 Å². The molecule has 1 unspecified atom stereocenters. The van der Waals surface area contributed by atoms with Crippen LogP contribution in [0.25, 0.3) is 0 Å². The first-order valence-corrected chi connectivity index (χ1v) is 3.40. The lowest BCUT2D eigenvalue weighted by molar-refractivity contribution is -0.505. The minimum absolute atomic E-state index is 0.549. The Bertz CT molecular complexity index is 307. The molecule has 0 radical (unpaired) electrons. The predicted octanol–water partition coefficient (Wildman–Crippen LogP) is 0.705. The van der Waals surface area contributed by atoms with Crippen LogP contribution in [0.3, 0.4) is 0 Å². The fourth-order valence-electron chi connectivity index (χ4n) is 1.59. The summed E-state index contributed by atoms with van der Waals surface area (Å²) >= 11 is 0. The summed E-state index contributed by atoms with van der Waals surface area (Å²) in [6, 6.07) is 2.40. The first-order chi connectivity index (χ1) is 5.44. The zero-order valence-corrected chi connectivity index (χ0v) is 6.74. The molecule has 5 heteroatoms. The van der Waals surface area contributed by atoms with Crippen molar-refractivity contribution in [1.29, 1.82) is 10.5 Å². The molecule has 0 heterocycles. The molecule has 1 aliphatic carbocycles. The SMILES string of the molecule is CC1(C)C([N+](=O)[O-])C1(C#N)C#N. The van der Waals surface area contributed by atoms with E-state index in [1.807, 2.05) is 0 Å². The molecule has 0 aromatic heterocycles. The Morgan fingerprint density at radius 3 is 1.92 bits per heavy atom. The number of nitrogens with zero attached hydrogens (tertiary/aromatic N) is 3. The molecule has 0 aromatic rings. The molecule has 5 nitrogen and oxygen atoms in total. The molecule has 0 spiro atoms. The molecule has 0 saturated heterocycles. The fraction of sp³-hybridized carbons (Fsp3) is 0.714. The molecule has 62 valence electrons. The second kappa shape index (κ2) is 1.95. The molecule has 0 amide bonds. The summed E-state index contributed by atoms with van der Waals surface area (Å²) in [7, 11) is 0. The summed E-state index contributed by atoms with van der Waals surface area (Å²) in [6.07, 6.45) is 0. The van der Waals surface area contributed by atoms with E-state index in [0.717, 1.165) is 0 Å². The van der Waals surface area contributed by atoms with Crippen molar-refractivity contribution < 1.29 is 4.92 Å². The monoisotopic (exact) mass is 165 g/mol. The summed E-state index contributed by atoms with van der Waals surface area (Å²) in [5.74, 6) is 0. The molecular weight excluding hydrogens is 158 g/mol. The van der Waals surface area contributed by atoms with Crippen LogP contribution in [0.4, 0.5) is 0 Å². The van der Waals surface area contributed by atoms with E-state index in [9.17, 15) is 10.1 Å². The third kappa shape index (κ3) is 0.609. The Morgan fingerprint density at radius 1 is 1.42 bits per heavy atom. The molecule has 0 aromatic carbocycles. The lowest BCUT2D eigenvalue weighted by Crippen LogP contribution is -2.10. The van der Waals surface area contributed by atoms with E-state index in [1.165, 1.54) is 0 Å². The van der Waals surface area contributed by atoms with Crippen molar-refractivity contribution in [3.05, 3.63) is 10.1 Å². The van der Waals surface area contributed by atoms with Gasteiger partial charge in [-0.1, -0.05) is 13.8 Å². The Hall–Kier alpha value is -1.62. The smallest absolute Gasteiger partial charge is 0.253 e. The molecular formula is C7H7N3O2. The molecule has 1 fully saturated rings. The second-order valence-electron chi connectivity index (χ2n) is 3.44. The number of nitro groups is 1. The Balaban J connectivity index is 3.10. The van der Waals surface area contributed by atoms with Gasteiger partial charge in [-0.05, 0) is 0 Å². The van der Waals surface area contributed by atoms with Crippen molar-refractivity contribution in [2.24, 2.45) is 10.8 Å². The van der Waals surface area contributed by atoms with Gasteiger partial charge in [0.1, 0.15) is 0 Å².